The third-order valence-corrected chi connectivity index (χ3v) is 9.28. The lowest BCUT2D eigenvalue weighted by molar-refractivity contribution is -0.245. The Balaban J connectivity index is 3.14. The van der Waals surface area contributed by atoms with Crippen LogP contribution in [0.25, 0.3) is 0 Å². The minimum atomic E-state index is -5.08. The average Bonchev–Trinajstić information content (AvgIpc) is 2.43. The van der Waals surface area contributed by atoms with Crippen molar-refractivity contribution < 1.29 is 36.3 Å². The van der Waals surface area contributed by atoms with Gasteiger partial charge in [-0.05, 0) is 25.1 Å². The van der Waals surface area contributed by atoms with Crippen LogP contribution in [-0.2, 0) is 18.7 Å². The molecule has 1 N–H and O–H groups in total. The van der Waals surface area contributed by atoms with Gasteiger partial charge < -0.3 is 19.2 Å². The Morgan fingerprint density at radius 2 is 1.72 bits per heavy atom. The van der Waals surface area contributed by atoms with E-state index in [1.807, 2.05) is 39.2 Å². The summed E-state index contributed by atoms with van der Waals surface area (Å²) in [7, 11) is -1.29. The molecule has 0 spiro atoms. The SMILES string of the molecule is CO[C@H]1O[C@H](C)[C@@H](NC(=O)C(F)(F)F)[C@H](O[Si](C)(C)C(C)(C)C)[C@H]1F. The maximum atomic E-state index is 14.8. The number of halogens is 4. The third kappa shape index (κ3) is 5.15. The van der Waals surface area contributed by atoms with E-state index in [1.54, 1.807) is 0 Å². The van der Waals surface area contributed by atoms with Crippen molar-refractivity contribution in [3.05, 3.63) is 0 Å². The zero-order valence-electron chi connectivity index (χ0n) is 15.5. The number of carbonyl (C=O) groups excluding carboxylic acids is 1. The molecule has 10 heteroatoms. The van der Waals surface area contributed by atoms with Crippen LogP contribution in [0.5, 0.6) is 0 Å². The second-order valence-corrected chi connectivity index (χ2v) is 12.5. The Hall–Kier alpha value is -0.713. The fraction of sp³-hybridized carbons (Fsp3) is 0.933. The van der Waals surface area contributed by atoms with Gasteiger partial charge in [-0.2, -0.15) is 13.2 Å². The van der Waals surface area contributed by atoms with E-state index in [0.29, 0.717) is 0 Å². The highest BCUT2D eigenvalue weighted by Crippen LogP contribution is 2.40. The summed E-state index contributed by atoms with van der Waals surface area (Å²) < 4.78 is 68.9. The number of ether oxygens (including phenoxy) is 2. The molecule has 0 saturated carbocycles. The highest BCUT2D eigenvalue weighted by atomic mass is 28.4. The van der Waals surface area contributed by atoms with Crippen LogP contribution in [0.15, 0.2) is 0 Å². The normalized spacial score (nSPS) is 31.7. The molecule has 0 unspecified atom stereocenters. The monoisotopic (exact) mass is 389 g/mol. The molecule has 0 bridgehead atoms. The number of amides is 1. The molecule has 1 rings (SSSR count). The first-order chi connectivity index (χ1) is 11.1. The topological polar surface area (TPSA) is 56.8 Å². The zero-order chi connectivity index (χ0) is 19.8. The Labute approximate surface area is 146 Å². The smallest absolute Gasteiger partial charge is 0.409 e. The molecule has 0 aromatic rings. The minimum Gasteiger partial charge on any atom is -0.409 e. The van der Waals surface area contributed by atoms with Gasteiger partial charge in [0, 0.05) is 7.11 Å². The summed E-state index contributed by atoms with van der Waals surface area (Å²) in [6.07, 6.45) is -10.4. The summed E-state index contributed by atoms with van der Waals surface area (Å²) in [6.45, 7) is 10.9. The van der Waals surface area contributed by atoms with Crippen LogP contribution in [0.3, 0.4) is 0 Å². The van der Waals surface area contributed by atoms with Gasteiger partial charge in [0.1, 0.15) is 6.10 Å². The van der Waals surface area contributed by atoms with Gasteiger partial charge in [0.15, 0.2) is 20.8 Å². The maximum absolute atomic E-state index is 14.8. The quantitative estimate of drug-likeness (QED) is 0.593. The molecule has 5 atom stereocenters. The number of hydrogen-bond acceptors (Lipinski definition) is 4. The molecule has 1 aliphatic rings. The summed E-state index contributed by atoms with van der Waals surface area (Å²) in [4.78, 5) is 11.4. The predicted molar refractivity (Wildman–Crippen MR) is 86.3 cm³/mol. The van der Waals surface area contributed by atoms with Crippen LogP contribution in [0.2, 0.25) is 18.1 Å². The second-order valence-electron chi connectivity index (χ2n) is 7.73. The molecule has 1 heterocycles. The summed E-state index contributed by atoms with van der Waals surface area (Å²) in [6, 6.07) is -1.29. The fourth-order valence-corrected chi connectivity index (χ4v) is 3.58. The second kappa shape index (κ2) is 7.49. The van der Waals surface area contributed by atoms with Crippen LogP contribution in [0, 0.1) is 0 Å². The Bertz CT molecular complexity index is 481. The van der Waals surface area contributed by atoms with Crippen molar-refractivity contribution in [2.45, 2.75) is 82.7 Å². The first-order valence-corrected chi connectivity index (χ1v) is 10.9. The molecule has 0 aliphatic carbocycles. The number of nitrogens with one attached hydrogen (secondary N) is 1. The lowest BCUT2D eigenvalue weighted by Gasteiger charge is -2.47. The lowest BCUT2D eigenvalue weighted by Crippen LogP contribution is -2.66. The van der Waals surface area contributed by atoms with Gasteiger partial charge in [-0.25, -0.2) is 4.39 Å². The standard InChI is InChI=1S/C15H27F4NO4Si/c1-8-10(20-13(21)15(17,18)19)11(9(16)12(22-5)23-8)24-25(6,7)14(2,3)4/h8-12H,1-7H3,(H,20,21)/t8-,9-,10-,11-,12+/m1/s1. The van der Waals surface area contributed by atoms with E-state index in [9.17, 15) is 22.4 Å². The van der Waals surface area contributed by atoms with E-state index >= 15 is 0 Å². The van der Waals surface area contributed by atoms with E-state index in [-0.39, 0.29) is 5.04 Å². The number of rotatable bonds is 4. The van der Waals surface area contributed by atoms with E-state index in [0.717, 1.165) is 0 Å². The Kier molecular flexibility index (Phi) is 6.69. The molecule has 25 heavy (non-hydrogen) atoms. The van der Waals surface area contributed by atoms with Crippen LogP contribution in [-0.4, -0.2) is 58.2 Å². The van der Waals surface area contributed by atoms with Crippen LogP contribution >= 0.6 is 0 Å². The van der Waals surface area contributed by atoms with Gasteiger partial charge in [0.25, 0.3) is 0 Å². The molecular formula is C15H27F4NO4Si. The number of alkyl halides is 4. The first kappa shape index (κ1) is 22.3. The highest BCUT2D eigenvalue weighted by Gasteiger charge is 2.52. The minimum absolute atomic E-state index is 0.296. The third-order valence-electron chi connectivity index (χ3n) is 4.81. The van der Waals surface area contributed by atoms with Crippen molar-refractivity contribution >= 4 is 14.2 Å². The molecule has 1 saturated heterocycles. The van der Waals surface area contributed by atoms with Crippen molar-refractivity contribution in [3.63, 3.8) is 0 Å². The molecule has 0 aromatic carbocycles. The molecule has 148 valence electrons. The van der Waals surface area contributed by atoms with Gasteiger partial charge in [0.05, 0.1) is 12.1 Å². The Morgan fingerprint density at radius 3 is 2.12 bits per heavy atom. The highest BCUT2D eigenvalue weighted by molar-refractivity contribution is 6.74. The molecule has 1 aliphatic heterocycles. The van der Waals surface area contributed by atoms with Gasteiger partial charge in [-0.15, -0.1) is 0 Å². The molecule has 1 fully saturated rings. The van der Waals surface area contributed by atoms with Gasteiger partial charge in [-0.1, -0.05) is 20.8 Å². The van der Waals surface area contributed by atoms with Crippen LogP contribution < -0.4 is 5.32 Å². The largest absolute Gasteiger partial charge is 0.471 e. The first-order valence-electron chi connectivity index (χ1n) is 7.99. The van der Waals surface area contributed by atoms with Crippen molar-refractivity contribution in [1.82, 2.24) is 5.32 Å². The lowest BCUT2D eigenvalue weighted by atomic mass is 9.98. The van der Waals surface area contributed by atoms with Gasteiger partial charge in [0.2, 0.25) is 0 Å². The Morgan fingerprint density at radius 1 is 1.20 bits per heavy atom. The van der Waals surface area contributed by atoms with Crippen molar-refractivity contribution in [1.29, 1.82) is 0 Å². The van der Waals surface area contributed by atoms with Crippen molar-refractivity contribution in [2.24, 2.45) is 0 Å². The van der Waals surface area contributed by atoms with Gasteiger partial charge in [-0.3, -0.25) is 4.79 Å². The van der Waals surface area contributed by atoms with E-state index in [2.05, 4.69) is 0 Å². The number of hydrogen-bond donors (Lipinski definition) is 1. The molecule has 0 aromatic heterocycles. The summed E-state index contributed by atoms with van der Waals surface area (Å²) in [5.41, 5.74) is 0. The zero-order valence-corrected chi connectivity index (χ0v) is 16.5. The summed E-state index contributed by atoms with van der Waals surface area (Å²) in [5.74, 6) is -2.15. The fourth-order valence-electron chi connectivity index (χ4n) is 2.26. The van der Waals surface area contributed by atoms with Crippen molar-refractivity contribution in [2.75, 3.05) is 7.11 Å². The van der Waals surface area contributed by atoms with Gasteiger partial charge >= 0.3 is 12.1 Å². The number of carbonyl (C=O) groups is 1. The molecular weight excluding hydrogens is 362 g/mol. The molecule has 1 amide bonds. The predicted octanol–water partition coefficient (Wildman–Crippen LogP) is 3.15. The summed E-state index contributed by atoms with van der Waals surface area (Å²) >= 11 is 0. The van der Waals surface area contributed by atoms with E-state index < -0.39 is 51.1 Å². The van der Waals surface area contributed by atoms with E-state index in [1.165, 1.54) is 14.0 Å². The van der Waals surface area contributed by atoms with Crippen LogP contribution in [0.4, 0.5) is 17.6 Å². The summed E-state index contributed by atoms with van der Waals surface area (Å²) in [5, 5.41) is 1.52. The molecule has 0 radical (unpaired) electrons. The van der Waals surface area contributed by atoms with Crippen molar-refractivity contribution in [3.8, 4) is 0 Å². The maximum Gasteiger partial charge on any atom is 0.471 e. The van der Waals surface area contributed by atoms with E-state index in [4.69, 9.17) is 13.9 Å². The molecule has 5 nitrogen and oxygen atoms in total. The number of methoxy groups -OCH3 is 1. The average molecular weight is 389 g/mol. The van der Waals surface area contributed by atoms with Crippen LogP contribution in [0.1, 0.15) is 27.7 Å².